The fraction of sp³-hybridized carbons (Fsp3) is 0.438. The summed E-state index contributed by atoms with van der Waals surface area (Å²) >= 11 is 5.03. The average molecular weight is 411 g/mol. The predicted molar refractivity (Wildman–Crippen MR) is 96.2 cm³/mol. The van der Waals surface area contributed by atoms with E-state index in [1.54, 1.807) is 11.8 Å². The summed E-state index contributed by atoms with van der Waals surface area (Å²) in [4.78, 5) is 11.0. The molecule has 6 nitrogen and oxygen atoms in total. The van der Waals surface area contributed by atoms with Gasteiger partial charge in [-0.1, -0.05) is 27.7 Å². The number of primary amides is 1. The number of halogens is 1. The van der Waals surface area contributed by atoms with Crippen LogP contribution in [0.2, 0.25) is 0 Å². The van der Waals surface area contributed by atoms with E-state index in [0.29, 0.717) is 25.5 Å². The summed E-state index contributed by atoms with van der Waals surface area (Å²) in [6.07, 6.45) is 3.14. The van der Waals surface area contributed by atoms with Gasteiger partial charge in [0.1, 0.15) is 11.6 Å². The van der Waals surface area contributed by atoms with Crippen LogP contribution in [0.1, 0.15) is 31.1 Å². The van der Waals surface area contributed by atoms with E-state index in [9.17, 15) is 4.79 Å². The molecule has 1 saturated carbocycles. The van der Waals surface area contributed by atoms with Gasteiger partial charge in [-0.2, -0.15) is 0 Å². The lowest BCUT2D eigenvalue weighted by molar-refractivity contribution is -0.118. The van der Waals surface area contributed by atoms with Crippen LogP contribution in [-0.2, 0) is 11.2 Å². The van der Waals surface area contributed by atoms with Crippen LogP contribution in [0.25, 0.3) is 0 Å². The molecule has 1 aliphatic rings. The van der Waals surface area contributed by atoms with Gasteiger partial charge < -0.3 is 15.0 Å². The maximum absolute atomic E-state index is 11.0. The van der Waals surface area contributed by atoms with Gasteiger partial charge in [0.2, 0.25) is 5.91 Å². The standard InChI is InChI=1S/C16H19BrN4O2S/c17-11-1-5-13(6-2-11)23-9-10-24-16-20-19-15(8-7-14(18)22)21(16)12-3-4-12/h1-2,5-6,12H,3-4,7-10H2,(H2,18,22). The van der Waals surface area contributed by atoms with Crippen LogP contribution >= 0.6 is 27.7 Å². The van der Waals surface area contributed by atoms with E-state index in [2.05, 4.69) is 30.7 Å². The number of thioether (sulfide) groups is 1. The second-order valence-corrected chi connectivity index (χ2v) is 7.59. The lowest BCUT2D eigenvalue weighted by Crippen LogP contribution is -2.13. The van der Waals surface area contributed by atoms with Crippen molar-refractivity contribution < 1.29 is 9.53 Å². The van der Waals surface area contributed by atoms with Gasteiger partial charge >= 0.3 is 0 Å². The molecule has 0 spiro atoms. The second kappa shape index (κ2) is 8.02. The van der Waals surface area contributed by atoms with E-state index in [4.69, 9.17) is 10.5 Å². The van der Waals surface area contributed by atoms with Gasteiger partial charge in [-0.05, 0) is 37.1 Å². The molecule has 0 radical (unpaired) electrons. The van der Waals surface area contributed by atoms with E-state index < -0.39 is 0 Å². The molecule has 1 heterocycles. The molecule has 128 valence electrons. The number of nitrogens with two attached hydrogens (primary N) is 1. The zero-order valence-electron chi connectivity index (χ0n) is 13.2. The van der Waals surface area contributed by atoms with Crippen molar-refractivity contribution in [3.63, 3.8) is 0 Å². The number of aromatic nitrogens is 3. The molecule has 1 aromatic carbocycles. The molecule has 1 aliphatic carbocycles. The van der Waals surface area contributed by atoms with Crippen LogP contribution in [0.5, 0.6) is 5.75 Å². The topological polar surface area (TPSA) is 83.0 Å². The highest BCUT2D eigenvalue weighted by Crippen LogP contribution is 2.38. The summed E-state index contributed by atoms with van der Waals surface area (Å²) in [6, 6.07) is 8.25. The average Bonchev–Trinajstić information content (AvgIpc) is 3.32. The number of carbonyl (C=O) groups excluding carboxylic acids is 1. The van der Waals surface area contributed by atoms with Crippen molar-refractivity contribution in [2.24, 2.45) is 5.73 Å². The third-order valence-electron chi connectivity index (χ3n) is 3.64. The molecule has 2 N–H and O–H groups in total. The highest BCUT2D eigenvalue weighted by Gasteiger charge is 2.29. The molecule has 0 atom stereocenters. The van der Waals surface area contributed by atoms with E-state index in [1.807, 2.05) is 24.3 Å². The highest BCUT2D eigenvalue weighted by molar-refractivity contribution is 9.10. The Balaban J connectivity index is 1.53. The molecule has 0 unspecified atom stereocenters. The Kier molecular flexibility index (Phi) is 5.78. The third-order valence-corrected chi connectivity index (χ3v) is 5.08. The quantitative estimate of drug-likeness (QED) is 0.507. The molecule has 1 aromatic heterocycles. The van der Waals surface area contributed by atoms with Crippen LogP contribution in [0, 0.1) is 0 Å². The molecule has 0 bridgehead atoms. The Morgan fingerprint density at radius 1 is 1.33 bits per heavy atom. The van der Waals surface area contributed by atoms with Gasteiger partial charge in [-0.3, -0.25) is 4.79 Å². The summed E-state index contributed by atoms with van der Waals surface area (Å²) in [6.45, 7) is 0.598. The SMILES string of the molecule is NC(=O)CCc1nnc(SCCOc2ccc(Br)cc2)n1C1CC1. The van der Waals surface area contributed by atoms with Gasteiger partial charge in [-0.25, -0.2) is 0 Å². The number of carbonyl (C=O) groups is 1. The maximum Gasteiger partial charge on any atom is 0.217 e. The first-order valence-electron chi connectivity index (χ1n) is 7.86. The molecule has 1 fully saturated rings. The molecule has 2 aromatic rings. The number of ether oxygens (including phenoxy) is 1. The Bertz CT molecular complexity index is 701. The molecule has 1 amide bonds. The van der Waals surface area contributed by atoms with Gasteiger partial charge in [-0.15, -0.1) is 10.2 Å². The van der Waals surface area contributed by atoms with Crippen LogP contribution in [0.15, 0.2) is 33.9 Å². The molecule has 24 heavy (non-hydrogen) atoms. The summed E-state index contributed by atoms with van der Waals surface area (Å²) in [5, 5.41) is 9.41. The number of amides is 1. The first kappa shape index (κ1) is 17.3. The van der Waals surface area contributed by atoms with Gasteiger partial charge in [0, 0.05) is 29.1 Å². The monoisotopic (exact) mass is 410 g/mol. The summed E-state index contributed by atoms with van der Waals surface area (Å²) in [7, 11) is 0. The van der Waals surface area contributed by atoms with Crippen LogP contribution in [-0.4, -0.2) is 33.0 Å². The number of benzene rings is 1. The predicted octanol–water partition coefficient (Wildman–Crippen LogP) is 2.96. The molecular weight excluding hydrogens is 392 g/mol. The lowest BCUT2D eigenvalue weighted by atomic mass is 10.3. The van der Waals surface area contributed by atoms with Crippen LogP contribution < -0.4 is 10.5 Å². The van der Waals surface area contributed by atoms with Gasteiger partial charge in [0.05, 0.1) is 6.61 Å². The van der Waals surface area contributed by atoms with Crippen molar-refractivity contribution in [2.75, 3.05) is 12.4 Å². The van der Waals surface area contributed by atoms with Gasteiger partial charge in [0.25, 0.3) is 0 Å². The maximum atomic E-state index is 11.0. The Morgan fingerprint density at radius 2 is 2.08 bits per heavy atom. The van der Waals surface area contributed by atoms with E-state index in [1.165, 1.54) is 0 Å². The normalized spacial score (nSPS) is 13.9. The van der Waals surface area contributed by atoms with Crippen molar-refractivity contribution in [1.82, 2.24) is 14.8 Å². The van der Waals surface area contributed by atoms with Gasteiger partial charge in [0.15, 0.2) is 5.16 Å². The third kappa shape index (κ3) is 4.73. The molecule has 0 saturated heterocycles. The number of aryl methyl sites for hydroxylation is 1. The van der Waals surface area contributed by atoms with Crippen LogP contribution in [0.4, 0.5) is 0 Å². The summed E-state index contributed by atoms with van der Waals surface area (Å²) in [5.41, 5.74) is 5.23. The fourth-order valence-corrected chi connectivity index (χ4v) is 3.44. The molecule has 8 heteroatoms. The Labute approximate surface area is 153 Å². The lowest BCUT2D eigenvalue weighted by Gasteiger charge is -2.09. The van der Waals surface area contributed by atoms with E-state index in [-0.39, 0.29) is 5.91 Å². The Hall–Kier alpha value is -1.54. The minimum Gasteiger partial charge on any atom is -0.493 e. The number of hydrogen-bond acceptors (Lipinski definition) is 5. The van der Waals surface area contributed by atoms with Crippen LogP contribution in [0.3, 0.4) is 0 Å². The van der Waals surface area contributed by atoms with E-state index >= 15 is 0 Å². The molecular formula is C16H19BrN4O2S. The smallest absolute Gasteiger partial charge is 0.217 e. The number of hydrogen-bond donors (Lipinski definition) is 1. The minimum atomic E-state index is -0.308. The summed E-state index contributed by atoms with van der Waals surface area (Å²) in [5.74, 6) is 2.19. The zero-order chi connectivity index (χ0) is 16.9. The molecule has 0 aliphatic heterocycles. The summed E-state index contributed by atoms with van der Waals surface area (Å²) < 4.78 is 8.92. The fourth-order valence-electron chi connectivity index (χ4n) is 2.33. The first-order chi connectivity index (χ1) is 11.6. The number of rotatable bonds is 9. The largest absolute Gasteiger partial charge is 0.493 e. The first-order valence-corrected chi connectivity index (χ1v) is 9.64. The molecule has 3 rings (SSSR count). The highest BCUT2D eigenvalue weighted by atomic mass is 79.9. The second-order valence-electron chi connectivity index (χ2n) is 5.62. The van der Waals surface area contributed by atoms with E-state index in [0.717, 1.165) is 39.8 Å². The van der Waals surface area contributed by atoms with Crippen molar-refractivity contribution in [1.29, 1.82) is 0 Å². The number of nitrogens with zero attached hydrogens (tertiary/aromatic N) is 3. The Morgan fingerprint density at radius 3 is 2.75 bits per heavy atom. The minimum absolute atomic E-state index is 0.308. The van der Waals surface area contributed by atoms with Crippen molar-refractivity contribution in [3.8, 4) is 5.75 Å². The zero-order valence-corrected chi connectivity index (χ0v) is 15.6. The van der Waals surface area contributed by atoms with Crippen molar-refractivity contribution in [3.05, 3.63) is 34.6 Å². The van der Waals surface area contributed by atoms with Crippen molar-refractivity contribution in [2.45, 2.75) is 36.9 Å². The van der Waals surface area contributed by atoms with Crippen molar-refractivity contribution >= 4 is 33.6 Å².